The van der Waals surface area contributed by atoms with Crippen LogP contribution in [0, 0.1) is 19.8 Å². The van der Waals surface area contributed by atoms with Crippen LogP contribution in [0.15, 0.2) is 9.52 Å². The standard InChI is InChI=1S/C19H34N4O2/c1-6-20-19(23(5)10-7-17-8-11-24-12-9-17)21-13-14(2)18-15(3)22-25-16(18)4/h14,17H,6-13H2,1-5H3,(H,20,21). The van der Waals surface area contributed by atoms with Crippen molar-refractivity contribution in [1.29, 1.82) is 0 Å². The Morgan fingerprint density at radius 1 is 1.36 bits per heavy atom. The summed E-state index contributed by atoms with van der Waals surface area (Å²) in [7, 11) is 2.13. The third-order valence-electron chi connectivity index (χ3n) is 5.01. The molecule has 0 amide bonds. The van der Waals surface area contributed by atoms with Crippen molar-refractivity contribution in [2.24, 2.45) is 10.9 Å². The van der Waals surface area contributed by atoms with Gasteiger partial charge in [-0.2, -0.15) is 0 Å². The average Bonchev–Trinajstić information content (AvgIpc) is 2.95. The Bertz CT molecular complexity index is 530. The second kappa shape index (κ2) is 9.80. The Balaban J connectivity index is 1.92. The highest BCUT2D eigenvalue weighted by Gasteiger charge is 2.18. The van der Waals surface area contributed by atoms with Crippen LogP contribution in [0.1, 0.15) is 56.0 Å². The van der Waals surface area contributed by atoms with Crippen molar-refractivity contribution in [3.05, 3.63) is 17.0 Å². The van der Waals surface area contributed by atoms with Gasteiger partial charge in [-0.05, 0) is 46.0 Å². The molecule has 1 N–H and O–H groups in total. The number of hydrogen-bond donors (Lipinski definition) is 1. The van der Waals surface area contributed by atoms with Gasteiger partial charge in [0.25, 0.3) is 0 Å². The minimum absolute atomic E-state index is 0.295. The second-order valence-corrected chi connectivity index (χ2v) is 7.10. The Kier molecular flexibility index (Phi) is 7.75. The van der Waals surface area contributed by atoms with Gasteiger partial charge >= 0.3 is 0 Å². The van der Waals surface area contributed by atoms with E-state index >= 15 is 0 Å². The first-order chi connectivity index (χ1) is 12.0. The lowest BCUT2D eigenvalue weighted by Crippen LogP contribution is -2.40. The zero-order valence-electron chi connectivity index (χ0n) is 16.5. The molecule has 1 unspecified atom stereocenters. The predicted molar refractivity (Wildman–Crippen MR) is 101 cm³/mol. The van der Waals surface area contributed by atoms with E-state index in [0.717, 1.165) is 56.2 Å². The van der Waals surface area contributed by atoms with E-state index < -0.39 is 0 Å². The minimum Gasteiger partial charge on any atom is -0.381 e. The molecule has 0 aromatic carbocycles. The van der Waals surface area contributed by atoms with Gasteiger partial charge in [-0.25, -0.2) is 0 Å². The van der Waals surface area contributed by atoms with Gasteiger partial charge in [0.2, 0.25) is 0 Å². The van der Waals surface area contributed by atoms with Gasteiger partial charge in [0.05, 0.1) is 5.69 Å². The molecule has 1 aliphatic rings. The Hall–Kier alpha value is -1.56. The number of aryl methyl sites for hydroxylation is 2. The van der Waals surface area contributed by atoms with E-state index in [1.54, 1.807) is 0 Å². The van der Waals surface area contributed by atoms with Crippen LogP contribution in [0.5, 0.6) is 0 Å². The fraction of sp³-hybridized carbons (Fsp3) is 0.789. The molecule has 2 heterocycles. The largest absolute Gasteiger partial charge is 0.381 e. The molecule has 6 nitrogen and oxygen atoms in total. The second-order valence-electron chi connectivity index (χ2n) is 7.10. The summed E-state index contributed by atoms with van der Waals surface area (Å²) in [5.41, 5.74) is 2.16. The van der Waals surface area contributed by atoms with Crippen LogP contribution in [0.2, 0.25) is 0 Å². The summed E-state index contributed by atoms with van der Waals surface area (Å²) in [4.78, 5) is 7.10. The molecule has 1 aromatic rings. The van der Waals surface area contributed by atoms with Gasteiger partial charge in [-0.3, -0.25) is 4.99 Å². The van der Waals surface area contributed by atoms with Gasteiger partial charge in [-0.1, -0.05) is 12.1 Å². The van der Waals surface area contributed by atoms with Crippen LogP contribution in [0.4, 0.5) is 0 Å². The third kappa shape index (κ3) is 5.73. The Morgan fingerprint density at radius 3 is 2.68 bits per heavy atom. The first-order valence-electron chi connectivity index (χ1n) is 9.52. The molecule has 142 valence electrons. The van der Waals surface area contributed by atoms with E-state index in [4.69, 9.17) is 14.3 Å². The molecule has 1 atom stereocenters. The molecule has 25 heavy (non-hydrogen) atoms. The van der Waals surface area contributed by atoms with E-state index in [1.165, 1.54) is 24.8 Å². The number of hydrogen-bond acceptors (Lipinski definition) is 4. The molecule has 1 aliphatic heterocycles. The summed E-state index contributed by atoms with van der Waals surface area (Å²) in [6, 6.07) is 0. The number of rotatable bonds is 7. The lowest BCUT2D eigenvalue weighted by molar-refractivity contribution is 0.0625. The van der Waals surface area contributed by atoms with Crippen molar-refractivity contribution < 1.29 is 9.26 Å². The van der Waals surface area contributed by atoms with Gasteiger partial charge in [0.15, 0.2) is 5.96 Å². The summed E-state index contributed by atoms with van der Waals surface area (Å²) >= 11 is 0. The van der Waals surface area contributed by atoms with Gasteiger partial charge in [0.1, 0.15) is 5.76 Å². The number of aliphatic imine (C=N–C) groups is 1. The van der Waals surface area contributed by atoms with Crippen molar-refractivity contribution in [3.8, 4) is 0 Å². The first kappa shape index (κ1) is 19.8. The summed E-state index contributed by atoms with van der Waals surface area (Å²) in [6.45, 7) is 12.7. The summed E-state index contributed by atoms with van der Waals surface area (Å²) < 4.78 is 10.7. The molecule has 0 spiro atoms. The van der Waals surface area contributed by atoms with Crippen LogP contribution < -0.4 is 5.32 Å². The Labute approximate surface area is 152 Å². The molecule has 0 radical (unpaired) electrons. The van der Waals surface area contributed by atoms with Crippen molar-refractivity contribution in [2.75, 3.05) is 39.9 Å². The van der Waals surface area contributed by atoms with Crippen molar-refractivity contribution in [3.63, 3.8) is 0 Å². The summed E-state index contributed by atoms with van der Waals surface area (Å²) in [5, 5.41) is 7.47. The van der Waals surface area contributed by atoms with Crippen molar-refractivity contribution in [1.82, 2.24) is 15.4 Å². The number of nitrogens with zero attached hydrogens (tertiary/aromatic N) is 3. The highest BCUT2D eigenvalue weighted by Crippen LogP contribution is 2.23. The average molecular weight is 351 g/mol. The zero-order valence-corrected chi connectivity index (χ0v) is 16.5. The van der Waals surface area contributed by atoms with Crippen LogP contribution in [-0.2, 0) is 4.74 Å². The van der Waals surface area contributed by atoms with Crippen molar-refractivity contribution >= 4 is 5.96 Å². The summed E-state index contributed by atoms with van der Waals surface area (Å²) in [6.07, 6.45) is 3.57. The van der Waals surface area contributed by atoms with E-state index in [0.29, 0.717) is 5.92 Å². The third-order valence-corrected chi connectivity index (χ3v) is 5.01. The predicted octanol–water partition coefficient (Wildman–Crippen LogP) is 3.11. The zero-order chi connectivity index (χ0) is 18.2. The molecular formula is C19H34N4O2. The fourth-order valence-electron chi connectivity index (χ4n) is 3.50. The quantitative estimate of drug-likeness (QED) is 0.605. The minimum atomic E-state index is 0.295. The number of guanidine groups is 1. The summed E-state index contributed by atoms with van der Waals surface area (Å²) in [5.74, 6) is 2.95. The number of ether oxygens (including phenoxy) is 1. The molecule has 1 saturated heterocycles. The highest BCUT2D eigenvalue weighted by molar-refractivity contribution is 5.79. The van der Waals surface area contributed by atoms with Gasteiger partial charge in [0, 0.05) is 51.4 Å². The van der Waals surface area contributed by atoms with E-state index in [9.17, 15) is 0 Å². The van der Waals surface area contributed by atoms with Crippen LogP contribution in [0.25, 0.3) is 0 Å². The van der Waals surface area contributed by atoms with Gasteiger partial charge < -0.3 is 19.5 Å². The highest BCUT2D eigenvalue weighted by atomic mass is 16.5. The maximum atomic E-state index is 5.45. The molecular weight excluding hydrogens is 316 g/mol. The maximum Gasteiger partial charge on any atom is 0.193 e. The number of nitrogens with one attached hydrogen (secondary N) is 1. The molecule has 6 heteroatoms. The molecule has 2 rings (SSSR count). The maximum absolute atomic E-state index is 5.45. The van der Waals surface area contributed by atoms with Crippen LogP contribution in [0.3, 0.4) is 0 Å². The lowest BCUT2D eigenvalue weighted by Gasteiger charge is -2.27. The molecule has 1 aromatic heterocycles. The van der Waals surface area contributed by atoms with Crippen LogP contribution in [-0.4, -0.2) is 55.9 Å². The number of aromatic nitrogens is 1. The van der Waals surface area contributed by atoms with E-state index in [1.807, 2.05) is 13.8 Å². The fourth-order valence-corrected chi connectivity index (χ4v) is 3.50. The lowest BCUT2D eigenvalue weighted by atomic mass is 9.96. The molecule has 0 bridgehead atoms. The normalized spacial score (nSPS) is 17.6. The van der Waals surface area contributed by atoms with Crippen LogP contribution >= 0.6 is 0 Å². The van der Waals surface area contributed by atoms with Crippen molar-refractivity contribution in [2.45, 2.75) is 52.9 Å². The monoisotopic (exact) mass is 350 g/mol. The topological polar surface area (TPSA) is 62.9 Å². The van der Waals surface area contributed by atoms with Gasteiger partial charge in [-0.15, -0.1) is 0 Å². The molecule has 0 aliphatic carbocycles. The van der Waals surface area contributed by atoms with E-state index in [2.05, 4.69) is 36.3 Å². The Morgan fingerprint density at radius 2 is 2.08 bits per heavy atom. The SMILES string of the molecule is CCNC(=NCC(C)c1c(C)noc1C)N(C)CCC1CCOCC1. The smallest absolute Gasteiger partial charge is 0.193 e. The molecule has 0 saturated carbocycles. The first-order valence-corrected chi connectivity index (χ1v) is 9.52. The van der Waals surface area contributed by atoms with E-state index in [-0.39, 0.29) is 0 Å². The molecule has 1 fully saturated rings.